The third kappa shape index (κ3) is 5.51. The molecule has 0 atom stereocenters. The summed E-state index contributed by atoms with van der Waals surface area (Å²) in [6.07, 6.45) is 1.88. The average molecular weight is 401 g/mol. The Balaban J connectivity index is 1.45. The largest absolute Gasteiger partial charge is 0.355 e. The molecular weight excluding hydrogens is 378 g/mol. The first kappa shape index (κ1) is 19.8. The zero-order valence-electron chi connectivity index (χ0n) is 15.5. The van der Waals surface area contributed by atoms with Crippen molar-refractivity contribution in [3.8, 4) is 0 Å². The number of rotatable bonds is 8. The summed E-state index contributed by atoms with van der Waals surface area (Å²) in [7, 11) is -1.77. The van der Waals surface area contributed by atoms with E-state index in [1.165, 1.54) is 0 Å². The Kier molecular flexibility index (Phi) is 6.56. The zero-order valence-corrected chi connectivity index (χ0v) is 16.4. The highest BCUT2D eigenvalue weighted by atomic mass is 32.2. The van der Waals surface area contributed by atoms with E-state index in [1.807, 2.05) is 59.1 Å². The van der Waals surface area contributed by atoms with Gasteiger partial charge in [0.1, 0.15) is 0 Å². The number of fused-ring (bicyclic) bond motifs is 1. The van der Waals surface area contributed by atoms with Crippen molar-refractivity contribution in [2.24, 2.45) is 4.99 Å². The fourth-order valence-electron chi connectivity index (χ4n) is 2.56. The maximum Gasteiger partial charge on any atom is 0.213 e. The molecule has 0 saturated heterocycles. The van der Waals surface area contributed by atoms with Crippen LogP contribution < -0.4 is 15.4 Å². The minimum Gasteiger partial charge on any atom is -0.355 e. The quantitative estimate of drug-likeness (QED) is 0.375. The van der Waals surface area contributed by atoms with Gasteiger partial charge >= 0.3 is 0 Å². The van der Waals surface area contributed by atoms with Gasteiger partial charge in [0, 0.05) is 26.3 Å². The van der Waals surface area contributed by atoms with Gasteiger partial charge in [-0.1, -0.05) is 36.4 Å². The van der Waals surface area contributed by atoms with E-state index in [9.17, 15) is 8.42 Å². The molecule has 3 rings (SSSR count). The molecule has 28 heavy (non-hydrogen) atoms. The number of hydrogen-bond donors (Lipinski definition) is 3. The minimum absolute atomic E-state index is 0.0611. The molecule has 0 amide bonds. The lowest BCUT2D eigenvalue weighted by Crippen LogP contribution is -2.41. The number of hydrogen-bond acceptors (Lipinski definition) is 5. The van der Waals surface area contributed by atoms with Crippen LogP contribution in [0.4, 0.5) is 0 Å². The lowest BCUT2D eigenvalue weighted by atomic mass is 10.2. The first-order chi connectivity index (χ1) is 13.6. The van der Waals surface area contributed by atoms with E-state index < -0.39 is 10.0 Å². The van der Waals surface area contributed by atoms with E-state index in [4.69, 9.17) is 0 Å². The molecule has 0 saturated carbocycles. The van der Waals surface area contributed by atoms with Crippen molar-refractivity contribution in [2.45, 2.75) is 13.1 Å². The number of aliphatic imine (C=N–C) groups is 1. The standard InChI is InChI=1S/C18H23N7O2S/c1-19-18(21-14-17-24-23-16-9-5-6-11-25(16)17)20-10-12-28(26,27)22-13-15-7-3-2-4-8-15/h2-9,11,22H,10,12-14H2,1H3,(H2,19,20,21). The number of sulfonamides is 1. The molecule has 2 heterocycles. The topological polar surface area (TPSA) is 113 Å². The van der Waals surface area contributed by atoms with Crippen LogP contribution in [0.1, 0.15) is 11.4 Å². The molecule has 1 aromatic carbocycles. The van der Waals surface area contributed by atoms with Gasteiger partial charge in [0.2, 0.25) is 10.0 Å². The van der Waals surface area contributed by atoms with Crippen molar-refractivity contribution in [3.63, 3.8) is 0 Å². The van der Waals surface area contributed by atoms with Crippen LogP contribution in [0.3, 0.4) is 0 Å². The molecule has 0 aliphatic rings. The lowest BCUT2D eigenvalue weighted by molar-refractivity contribution is 0.579. The van der Waals surface area contributed by atoms with Crippen LogP contribution in [-0.4, -0.2) is 48.3 Å². The predicted molar refractivity (Wildman–Crippen MR) is 108 cm³/mol. The monoisotopic (exact) mass is 401 g/mol. The summed E-state index contributed by atoms with van der Waals surface area (Å²) in [6, 6.07) is 15.1. The lowest BCUT2D eigenvalue weighted by Gasteiger charge is -2.12. The van der Waals surface area contributed by atoms with E-state index in [0.717, 1.165) is 17.0 Å². The Labute approximate surface area is 164 Å². The van der Waals surface area contributed by atoms with E-state index in [1.54, 1.807) is 7.05 Å². The summed E-state index contributed by atoms with van der Waals surface area (Å²) in [6.45, 7) is 0.907. The molecule has 3 N–H and O–H groups in total. The summed E-state index contributed by atoms with van der Waals surface area (Å²) in [5, 5.41) is 14.3. The minimum atomic E-state index is -3.39. The summed E-state index contributed by atoms with van der Waals surface area (Å²) in [5.74, 6) is 1.16. The van der Waals surface area contributed by atoms with Crippen LogP contribution in [0.25, 0.3) is 5.65 Å². The number of guanidine groups is 1. The zero-order chi connectivity index (χ0) is 19.8. The molecule has 3 aromatic rings. The van der Waals surface area contributed by atoms with Crippen LogP contribution in [0.15, 0.2) is 59.7 Å². The number of benzene rings is 1. The molecule has 148 valence electrons. The third-order valence-corrected chi connectivity index (χ3v) is 5.35. The second-order valence-electron chi connectivity index (χ2n) is 6.02. The number of nitrogens with one attached hydrogen (secondary N) is 3. The molecule has 0 fully saturated rings. The van der Waals surface area contributed by atoms with Gasteiger partial charge in [0.25, 0.3) is 0 Å². The van der Waals surface area contributed by atoms with Gasteiger partial charge in [-0.3, -0.25) is 9.39 Å². The van der Waals surface area contributed by atoms with E-state index in [2.05, 4.69) is 30.5 Å². The highest BCUT2D eigenvalue weighted by Crippen LogP contribution is 2.02. The molecule has 0 aliphatic carbocycles. The fraction of sp³-hybridized carbons (Fsp3) is 0.278. The van der Waals surface area contributed by atoms with Gasteiger partial charge in [-0.15, -0.1) is 10.2 Å². The maximum atomic E-state index is 12.1. The second kappa shape index (κ2) is 9.29. The first-order valence-corrected chi connectivity index (χ1v) is 10.5. The SMILES string of the molecule is CN=C(NCCS(=O)(=O)NCc1ccccc1)NCc1nnc2ccccn12. The molecule has 10 heteroatoms. The van der Waals surface area contributed by atoms with Crippen LogP contribution in [-0.2, 0) is 23.1 Å². The summed E-state index contributed by atoms with van der Waals surface area (Å²) >= 11 is 0. The molecular formula is C18H23N7O2S. The average Bonchev–Trinajstić information content (AvgIpc) is 3.13. The highest BCUT2D eigenvalue weighted by molar-refractivity contribution is 7.89. The molecule has 2 aromatic heterocycles. The van der Waals surface area contributed by atoms with Gasteiger partial charge < -0.3 is 10.6 Å². The Morgan fingerprint density at radius 1 is 1.04 bits per heavy atom. The van der Waals surface area contributed by atoms with E-state index in [0.29, 0.717) is 12.5 Å². The van der Waals surface area contributed by atoms with Crippen molar-refractivity contribution in [3.05, 3.63) is 66.1 Å². The third-order valence-electron chi connectivity index (χ3n) is 4.02. The Hall–Kier alpha value is -2.98. The summed E-state index contributed by atoms with van der Waals surface area (Å²) in [5.41, 5.74) is 1.68. The molecule has 0 unspecified atom stereocenters. The molecule has 9 nitrogen and oxygen atoms in total. The normalized spacial score (nSPS) is 12.2. The van der Waals surface area contributed by atoms with Gasteiger partial charge in [0.15, 0.2) is 17.4 Å². The van der Waals surface area contributed by atoms with Crippen LogP contribution in [0.5, 0.6) is 0 Å². The van der Waals surface area contributed by atoms with Crippen LogP contribution in [0.2, 0.25) is 0 Å². The molecule has 0 bridgehead atoms. The van der Waals surface area contributed by atoms with Crippen molar-refractivity contribution in [1.82, 2.24) is 30.0 Å². The Bertz CT molecular complexity index is 1030. The van der Waals surface area contributed by atoms with Gasteiger partial charge in [-0.05, 0) is 17.7 Å². The number of pyridine rings is 1. The molecule has 0 spiro atoms. The predicted octanol–water partition coefficient (Wildman–Crippen LogP) is 0.514. The fourth-order valence-corrected chi connectivity index (χ4v) is 3.46. The van der Waals surface area contributed by atoms with Crippen LogP contribution >= 0.6 is 0 Å². The number of aromatic nitrogens is 3. The van der Waals surface area contributed by atoms with Crippen molar-refractivity contribution in [1.29, 1.82) is 0 Å². The Morgan fingerprint density at radius 2 is 1.82 bits per heavy atom. The van der Waals surface area contributed by atoms with Gasteiger partial charge in [-0.2, -0.15) is 0 Å². The molecule has 0 aliphatic heterocycles. The Morgan fingerprint density at radius 3 is 2.61 bits per heavy atom. The van der Waals surface area contributed by atoms with Gasteiger partial charge in [0.05, 0.1) is 12.3 Å². The molecule has 0 radical (unpaired) electrons. The smallest absolute Gasteiger partial charge is 0.213 e. The number of nitrogens with zero attached hydrogens (tertiary/aromatic N) is 4. The highest BCUT2D eigenvalue weighted by Gasteiger charge is 2.11. The van der Waals surface area contributed by atoms with E-state index in [-0.39, 0.29) is 18.8 Å². The van der Waals surface area contributed by atoms with Crippen LogP contribution in [0, 0.1) is 0 Å². The van der Waals surface area contributed by atoms with Crippen molar-refractivity contribution >= 4 is 21.6 Å². The first-order valence-electron chi connectivity index (χ1n) is 8.82. The van der Waals surface area contributed by atoms with E-state index >= 15 is 0 Å². The van der Waals surface area contributed by atoms with Gasteiger partial charge in [-0.25, -0.2) is 13.1 Å². The summed E-state index contributed by atoms with van der Waals surface area (Å²) < 4.78 is 28.7. The second-order valence-corrected chi connectivity index (χ2v) is 7.95. The summed E-state index contributed by atoms with van der Waals surface area (Å²) in [4.78, 5) is 4.10. The maximum absolute atomic E-state index is 12.1. The van der Waals surface area contributed by atoms with Crippen molar-refractivity contribution in [2.75, 3.05) is 19.3 Å². The van der Waals surface area contributed by atoms with Crippen molar-refractivity contribution < 1.29 is 8.42 Å².